The molecular formula is C17H29NO2. The summed E-state index contributed by atoms with van der Waals surface area (Å²) in [5, 5.41) is 0. The fourth-order valence-corrected chi connectivity index (χ4v) is 2.17. The van der Waals surface area contributed by atoms with E-state index >= 15 is 0 Å². The first-order valence-electron chi connectivity index (χ1n) is 7.46. The summed E-state index contributed by atoms with van der Waals surface area (Å²) in [7, 11) is 1.70. The molecule has 114 valence electrons. The number of hydrogen-bond donors (Lipinski definition) is 0. The molecule has 0 amide bonds. The molecule has 0 saturated heterocycles. The lowest BCUT2D eigenvalue weighted by atomic mass is 9.86. The number of benzene rings is 1. The Kier molecular flexibility index (Phi) is 6.34. The fourth-order valence-electron chi connectivity index (χ4n) is 2.17. The number of nitrogens with zero attached hydrogens (tertiary/aromatic N) is 1. The molecule has 0 heterocycles. The quantitative estimate of drug-likeness (QED) is 0.759. The summed E-state index contributed by atoms with van der Waals surface area (Å²) >= 11 is 0. The maximum atomic E-state index is 6.00. The SMILES string of the molecule is CCN(CC)CCOc1ccc(OC)cc1C(C)(C)C. The van der Waals surface area contributed by atoms with Gasteiger partial charge >= 0.3 is 0 Å². The largest absolute Gasteiger partial charge is 0.497 e. The first kappa shape index (κ1) is 16.8. The molecule has 1 aromatic carbocycles. The molecule has 0 aliphatic carbocycles. The Morgan fingerprint density at radius 2 is 1.75 bits per heavy atom. The maximum absolute atomic E-state index is 6.00. The van der Waals surface area contributed by atoms with Crippen LogP contribution in [0.15, 0.2) is 18.2 Å². The van der Waals surface area contributed by atoms with E-state index in [0.717, 1.165) is 37.7 Å². The third kappa shape index (κ3) is 4.71. The van der Waals surface area contributed by atoms with Crippen LogP contribution in [-0.4, -0.2) is 38.3 Å². The van der Waals surface area contributed by atoms with Crippen LogP contribution in [0.3, 0.4) is 0 Å². The van der Waals surface area contributed by atoms with E-state index < -0.39 is 0 Å². The van der Waals surface area contributed by atoms with Crippen LogP contribution in [0.5, 0.6) is 11.5 Å². The van der Waals surface area contributed by atoms with Crippen molar-refractivity contribution in [2.45, 2.75) is 40.0 Å². The van der Waals surface area contributed by atoms with Gasteiger partial charge in [-0.15, -0.1) is 0 Å². The molecule has 20 heavy (non-hydrogen) atoms. The van der Waals surface area contributed by atoms with Crippen LogP contribution in [0.1, 0.15) is 40.2 Å². The molecule has 0 fully saturated rings. The number of hydrogen-bond acceptors (Lipinski definition) is 3. The first-order chi connectivity index (χ1) is 9.42. The molecule has 0 saturated carbocycles. The van der Waals surface area contributed by atoms with Crippen LogP contribution in [0, 0.1) is 0 Å². The molecule has 3 nitrogen and oxygen atoms in total. The van der Waals surface area contributed by atoms with Crippen molar-refractivity contribution in [3.05, 3.63) is 23.8 Å². The topological polar surface area (TPSA) is 21.7 Å². The Morgan fingerprint density at radius 1 is 1.10 bits per heavy atom. The Bertz CT molecular complexity index is 406. The third-order valence-electron chi connectivity index (χ3n) is 3.55. The van der Waals surface area contributed by atoms with Gasteiger partial charge < -0.3 is 14.4 Å². The average Bonchev–Trinajstić information content (AvgIpc) is 2.42. The molecule has 3 heteroatoms. The summed E-state index contributed by atoms with van der Waals surface area (Å²) in [6, 6.07) is 6.05. The molecule has 0 aromatic heterocycles. The van der Waals surface area contributed by atoms with Gasteiger partial charge in [0.05, 0.1) is 7.11 Å². The summed E-state index contributed by atoms with van der Waals surface area (Å²) in [5.74, 6) is 1.84. The van der Waals surface area contributed by atoms with Crippen molar-refractivity contribution < 1.29 is 9.47 Å². The standard InChI is InChI=1S/C17H29NO2/c1-7-18(8-2)11-12-20-16-10-9-14(19-6)13-15(16)17(3,4)5/h9-10,13H,7-8,11-12H2,1-6H3. The number of ether oxygens (including phenoxy) is 2. The summed E-state index contributed by atoms with van der Waals surface area (Å²) < 4.78 is 11.3. The minimum atomic E-state index is 0.0407. The molecule has 1 aromatic rings. The predicted octanol–water partition coefficient (Wildman–Crippen LogP) is 3.71. The van der Waals surface area contributed by atoms with Gasteiger partial charge in [-0.2, -0.15) is 0 Å². The van der Waals surface area contributed by atoms with E-state index in [2.05, 4.69) is 45.6 Å². The second-order valence-electron chi connectivity index (χ2n) is 5.99. The van der Waals surface area contributed by atoms with Crippen LogP contribution in [-0.2, 0) is 5.41 Å². The highest BCUT2D eigenvalue weighted by Crippen LogP contribution is 2.34. The van der Waals surface area contributed by atoms with Gasteiger partial charge in [-0.05, 0) is 36.7 Å². The molecule has 1 rings (SSSR count). The highest BCUT2D eigenvalue weighted by Gasteiger charge is 2.20. The van der Waals surface area contributed by atoms with Crippen molar-refractivity contribution in [3.8, 4) is 11.5 Å². The molecule has 0 aliphatic rings. The minimum absolute atomic E-state index is 0.0407. The van der Waals surface area contributed by atoms with Crippen molar-refractivity contribution in [2.24, 2.45) is 0 Å². The van der Waals surface area contributed by atoms with Crippen LogP contribution in [0.2, 0.25) is 0 Å². The Morgan fingerprint density at radius 3 is 2.25 bits per heavy atom. The first-order valence-corrected chi connectivity index (χ1v) is 7.46. The Labute approximate surface area is 123 Å². The van der Waals surface area contributed by atoms with E-state index in [1.165, 1.54) is 5.56 Å². The van der Waals surface area contributed by atoms with E-state index in [4.69, 9.17) is 9.47 Å². The Hall–Kier alpha value is -1.22. The second kappa shape index (κ2) is 7.53. The van der Waals surface area contributed by atoms with Crippen molar-refractivity contribution in [1.82, 2.24) is 4.90 Å². The normalized spacial score (nSPS) is 11.8. The van der Waals surface area contributed by atoms with Crippen LogP contribution >= 0.6 is 0 Å². The predicted molar refractivity (Wildman–Crippen MR) is 85.0 cm³/mol. The van der Waals surface area contributed by atoms with E-state index in [1.807, 2.05) is 12.1 Å². The summed E-state index contributed by atoms with van der Waals surface area (Å²) in [4.78, 5) is 2.36. The molecular weight excluding hydrogens is 250 g/mol. The van der Waals surface area contributed by atoms with E-state index in [0.29, 0.717) is 0 Å². The van der Waals surface area contributed by atoms with Gasteiger partial charge in [0.25, 0.3) is 0 Å². The molecule has 0 aliphatic heterocycles. The highest BCUT2D eigenvalue weighted by atomic mass is 16.5. The van der Waals surface area contributed by atoms with Crippen molar-refractivity contribution in [1.29, 1.82) is 0 Å². The van der Waals surface area contributed by atoms with Crippen LogP contribution in [0.4, 0.5) is 0 Å². The van der Waals surface area contributed by atoms with Gasteiger partial charge in [0.15, 0.2) is 0 Å². The zero-order chi connectivity index (χ0) is 15.2. The van der Waals surface area contributed by atoms with E-state index in [1.54, 1.807) is 7.11 Å². The van der Waals surface area contributed by atoms with Crippen molar-refractivity contribution >= 4 is 0 Å². The number of methoxy groups -OCH3 is 1. The smallest absolute Gasteiger partial charge is 0.123 e. The fraction of sp³-hybridized carbons (Fsp3) is 0.647. The molecule has 0 atom stereocenters. The zero-order valence-corrected chi connectivity index (χ0v) is 13.8. The molecule has 0 radical (unpaired) electrons. The van der Waals surface area contributed by atoms with E-state index in [-0.39, 0.29) is 5.41 Å². The highest BCUT2D eigenvalue weighted by molar-refractivity contribution is 5.44. The molecule has 0 bridgehead atoms. The van der Waals surface area contributed by atoms with Crippen LogP contribution in [0.25, 0.3) is 0 Å². The second-order valence-corrected chi connectivity index (χ2v) is 5.99. The van der Waals surface area contributed by atoms with E-state index in [9.17, 15) is 0 Å². The minimum Gasteiger partial charge on any atom is -0.497 e. The summed E-state index contributed by atoms with van der Waals surface area (Å²) in [6.07, 6.45) is 0. The average molecular weight is 279 g/mol. The molecule has 0 unspecified atom stereocenters. The lowest BCUT2D eigenvalue weighted by Gasteiger charge is -2.24. The number of likely N-dealkylation sites (N-methyl/N-ethyl adjacent to an activating group) is 1. The zero-order valence-electron chi connectivity index (χ0n) is 13.8. The number of rotatable bonds is 7. The lowest BCUT2D eigenvalue weighted by Crippen LogP contribution is -2.28. The van der Waals surface area contributed by atoms with Gasteiger partial charge in [0.2, 0.25) is 0 Å². The molecule has 0 N–H and O–H groups in total. The van der Waals surface area contributed by atoms with Gasteiger partial charge in [0, 0.05) is 12.1 Å². The summed E-state index contributed by atoms with van der Waals surface area (Å²) in [5.41, 5.74) is 1.23. The van der Waals surface area contributed by atoms with Gasteiger partial charge in [-0.3, -0.25) is 0 Å². The van der Waals surface area contributed by atoms with Gasteiger partial charge in [-0.1, -0.05) is 34.6 Å². The molecule has 0 spiro atoms. The third-order valence-corrected chi connectivity index (χ3v) is 3.55. The monoisotopic (exact) mass is 279 g/mol. The van der Waals surface area contributed by atoms with Crippen molar-refractivity contribution in [3.63, 3.8) is 0 Å². The van der Waals surface area contributed by atoms with Crippen LogP contribution < -0.4 is 9.47 Å². The van der Waals surface area contributed by atoms with Crippen molar-refractivity contribution in [2.75, 3.05) is 33.4 Å². The Balaban J connectivity index is 2.79. The van der Waals surface area contributed by atoms with Gasteiger partial charge in [-0.25, -0.2) is 0 Å². The lowest BCUT2D eigenvalue weighted by molar-refractivity contribution is 0.220. The maximum Gasteiger partial charge on any atom is 0.123 e. The summed E-state index contributed by atoms with van der Waals surface area (Å²) in [6.45, 7) is 14.7. The van der Waals surface area contributed by atoms with Gasteiger partial charge in [0.1, 0.15) is 18.1 Å².